The van der Waals surface area contributed by atoms with Crippen molar-refractivity contribution < 1.29 is 22.4 Å². The third kappa shape index (κ3) is 5.41. The molecule has 190 valence electrons. The summed E-state index contributed by atoms with van der Waals surface area (Å²) in [6.45, 7) is 1.85. The van der Waals surface area contributed by atoms with Crippen LogP contribution in [0.15, 0.2) is 123 Å². The number of aryl methyl sites for hydroxylation is 1. The summed E-state index contributed by atoms with van der Waals surface area (Å²) in [5.74, 6) is -0.737. The maximum atomic E-state index is 13.3. The van der Waals surface area contributed by atoms with Gasteiger partial charge < -0.3 is 9.15 Å². The number of rotatable bonds is 7. The number of esters is 1. The minimum absolute atomic E-state index is 0.0257. The third-order valence-corrected chi connectivity index (χ3v) is 7.43. The van der Waals surface area contributed by atoms with E-state index in [0.717, 1.165) is 11.1 Å². The molecule has 0 saturated carbocycles. The molecule has 0 radical (unpaired) electrons. The number of carbonyl (C=O) groups excluding carboxylic acids is 1. The van der Waals surface area contributed by atoms with E-state index in [0.29, 0.717) is 16.5 Å². The molecule has 0 aliphatic carbocycles. The number of hydrogen-bond donors (Lipinski definition) is 1. The highest BCUT2D eigenvalue weighted by atomic mass is 32.2. The highest BCUT2D eigenvalue weighted by Crippen LogP contribution is 2.30. The Morgan fingerprint density at radius 3 is 2.18 bits per heavy atom. The average Bonchev–Trinajstić information content (AvgIpc) is 2.92. The smallest absolute Gasteiger partial charge is 0.336 e. The number of carbonyl (C=O) groups is 1. The van der Waals surface area contributed by atoms with Crippen LogP contribution in [0.2, 0.25) is 0 Å². The van der Waals surface area contributed by atoms with Gasteiger partial charge in [-0.2, -0.15) is 4.72 Å². The predicted molar refractivity (Wildman–Crippen MR) is 144 cm³/mol. The lowest BCUT2D eigenvalue weighted by atomic mass is 10.0. The van der Waals surface area contributed by atoms with E-state index in [4.69, 9.17) is 9.15 Å². The zero-order valence-electron chi connectivity index (χ0n) is 20.3. The van der Waals surface area contributed by atoms with Crippen molar-refractivity contribution in [2.45, 2.75) is 17.9 Å². The minimum atomic E-state index is -4.05. The molecule has 0 amide bonds. The molecule has 0 spiro atoms. The lowest BCUT2D eigenvalue weighted by Gasteiger charge is -2.18. The molecule has 1 aromatic heterocycles. The summed E-state index contributed by atoms with van der Waals surface area (Å²) in [6, 6.07) is 28.9. The van der Waals surface area contributed by atoms with Gasteiger partial charge in [-0.3, -0.25) is 0 Å². The van der Waals surface area contributed by atoms with Crippen LogP contribution in [0, 0.1) is 6.92 Å². The number of nitrogens with one attached hydrogen (secondary N) is 1. The SMILES string of the molecule is Cc1ccc(S(=O)(=O)NC(C(=O)Oc2ccc3c(-c4ccccc4)cc(=O)oc3c2)c2ccccc2)cc1. The molecule has 38 heavy (non-hydrogen) atoms. The number of ether oxygens (including phenoxy) is 1. The van der Waals surface area contributed by atoms with Gasteiger partial charge in [-0.1, -0.05) is 78.4 Å². The first-order valence-electron chi connectivity index (χ1n) is 11.8. The molecule has 5 aromatic rings. The first-order valence-corrected chi connectivity index (χ1v) is 13.3. The van der Waals surface area contributed by atoms with E-state index in [9.17, 15) is 18.0 Å². The zero-order valence-corrected chi connectivity index (χ0v) is 21.1. The molecule has 4 aromatic carbocycles. The van der Waals surface area contributed by atoms with Crippen molar-refractivity contribution in [1.29, 1.82) is 0 Å². The molecule has 1 heterocycles. The van der Waals surface area contributed by atoms with Gasteiger partial charge in [0.1, 0.15) is 17.4 Å². The summed E-state index contributed by atoms with van der Waals surface area (Å²) < 4.78 is 39.6. The molecule has 0 saturated heterocycles. The van der Waals surface area contributed by atoms with Gasteiger partial charge >= 0.3 is 11.6 Å². The average molecular weight is 526 g/mol. The van der Waals surface area contributed by atoms with E-state index in [-0.39, 0.29) is 16.2 Å². The predicted octanol–water partition coefficient (Wildman–Crippen LogP) is 5.39. The number of fused-ring (bicyclic) bond motifs is 1. The van der Waals surface area contributed by atoms with E-state index in [1.54, 1.807) is 54.6 Å². The molecule has 1 atom stereocenters. The highest BCUT2D eigenvalue weighted by molar-refractivity contribution is 7.89. The zero-order chi connectivity index (χ0) is 26.7. The van der Waals surface area contributed by atoms with E-state index >= 15 is 0 Å². The van der Waals surface area contributed by atoms with E-state index in [1.807, 2.05) is 37.3 Å². The van der Waals surface area contributed by atoms with Crippen LogP contribution in [-0.4, -0.2) is 14.4 Å². The maximum Gasteiger partial charge on any atom is 0.336 e. The number of sulfonamides is 1. The van der Waals surface area contributed by atoms with Crippen LogP contribution in [0.5, 0.6) is 5.75 Å². The molecule has 5 rings (SSSR count). The summed E-state index contributed by atoms with van der Waals surface area (Å²) in [4.78, 5) is 25.6. The standard InChI is InChI=1S/C30H23NO6S/c1-20-12-15-24(16-13-20)38(34,35)31-29(22-10-6-3-7-11-22)30(33)36-23-14-17-25-26(21-8-4-2-5-9-21)19-28(32)37-27(25)18-23/h2-19,29,31H,1H3. The summed E-state index contributed by atoms with van der Waals surface area (Å²) in [6.07, 6.45) is 0. The fourth-order valence-electron chi connectivity index (χ4n) is 4.08. The van der Waals surface area contributed by atoms with Crippen LogP contribution in [0.25, 0.3) is 22.1 Å². The summed E-state index contributed by atoms with van der Waals surface area (Å²) in [5.41, 5.74) is 2.52. The fraction of sp³-hybridized carbons (Fsp3) is 0.0667. The van der Waals surface area contributed by atoms with Crippen molar-refractivity contribution in [3.63, 3.8) is 0 Å². The Hall–Kier alpha value is -4.53. The second kappa shape index (κ2) is 10.5. The first kappa shape index (κ1) is 25.1. The molecular weight excluding hydrogens is 502 g/mol. The fourth-order valence-corrected chi connectivity index (χ4v) is 5.25. The van der Waals surface area contributed by atoms with Crippen molar-refractivity contribution in [1.82, 2.24) is 4.72 Å². The van der Waals surface area contributed by atoms with Crippen LogP contribution >= 0.6 is 0 Å². The third-order valence-electron chi connectivity index (χ3n) is 5.99. The van der Waals surface area contributed by atoms with Crippen LogP contribution in [0.4, 0.5) is 0 Å². The van der Waals surface area contributed by atoms with Gasteiger partial charge in [0.15, 0.2) is 0 Å². The Morgan fingerprint density at radius 1 is 0.842 bits per heavy atom. The van der Waals surface area contributed by atoms with Crippen molar-refractivity contribution in [3.8, 4) is 16.9 Å². The monoisotopic (exact) mass is 525 g/mol. The summed E-state index contributed by atoms with van der Waals surface area (Å²) in [5, 5.41) is 0.662. The van der Waals surface area contributed by atoms with E-state index in [2.05, 4.69) is 4.72 Å². The molecule has 0 aliphatic rings. The Labute approximate surface area is 219 Å². The summed E-state index contributed by atoms with van der Waals surface area (Å²) >= 11 is 0. The molecule has 0 bridgehead atoms. The molecule has 1 N–H and O–H groups in total. The lowest BCUT2D eigenvalue weighted by molar-refractivity contribution is -0.136. The second-order valence-electron chi connectivity index (χ2n) is 8.70. The van der Waals surface area contributed by atoms with Gasteiger partial charge in [-0.15, -0.1) is 0 Å². The number of hydrogen-bond acceptors (Lipinski definition) is 6. The molecule has 1 unspecified atom stereocenters. The lowest BCUT2D eigenvalue weighted by Crippen LogP contribution is -2.36. The van der Waals surface area contributed by atoms with Crippen LogP contribution in [0.1, 0.15) is 17.2 Å². The summed E-state index contributed by atoms with van der Waals surface area (Å²) in [7, 11) is -4.05. The van der Waals surface area contributed by atoms with Crippen LogP contribution in [0.3, 0.4) is 0 Å². The van der Waals surface area contributed by atoms with Gasteiger partial charge in [0, 0.05) is 17.5 Å². The van der Waals surface area contributed by atoms with Gasteiger partial charge in [0.05, 0.1) is 4.90 Å². The van der Waals surface area contributed by atoms with Gasteiger partial charge in [-0.05, 0) is 47.9 Å². The van der Waals surface area contributed by atoms with Crippen molar-refractivity contribution in [2.24, 2.45) is 0 Å². The Kier molecular flexibility index (Phi) is 6.91. The van der Waals surface area contributed by atoms with E-state index < -0.39 is 27.7 Å². The highest BCUT2D eigenvalue weighted by Gasteiger charge is 2.29. The minimum Gasteiger partial charge on any atom is -0.425 e. The molecule has 7 nitrogen and oxygen atoms in total. The van der Waals surface area contributed by atoms with Crippen LogP contribution in [-0.2, 0) is 14.8 Å². The Bertz CT molecular complexity index is 1760. The largest absolute Gasteiger partial charge is 0.425 e. The van der Waals surface area contributed by atoms with E-state index in [1.165, 1.54) is 24.3 Å². The van der Waals surface area contributed by atoms with Gasteiger partial charge in [0.25, 0.3) is 0 Å². The van der Waals surface area contributed by atoms with Gasteiger partial charge in [0.2, 0.25) is 10.0 Å². The number of benzene rings is 4. The Morgan fingerprint density at radius 2 is 1.50 bits per heavy atom. The van der Waals surface area contributed by atoms with Crippen molar-refractivity contribution in [2.75, 3.05) is 0 Å². The Balaban J connectivity index is 1.48. The molecule has 8 heteroatoms. The van der Waals surface area contributed by atoms with Crippen molar-refractivity contribution >= 4 is 27.0 Å². The van der Waals surface area contributed by atoms with Gasteiger partial charge in [-0.25, -0.2) is 18.0 Å². The first-order chi connectivity index (χ1) is 18.3. The maximum absolute atomic E-state index is 13.3. The quantitative estimate of drug-likeness (QED) is 0.174. The second-order valence-corrected chi connectivity index (χ2v) is 10.4. The molecule has 0 aliphatic heterocycles. The topological polar surface area (TPSA) is 103 Å². The molecule has 0 fully saturated rings. The normalized spacial score (nSPS) is 12.2. The van der Waals surface area contributed by atoms with Crippen molar-refractivity contribution in [3.05, 3.63) is 131 Å². The molecular formula is C30H23NO6S. The van der Waals surface area contributed by atoms with Crippen LogP contribution < -0.4 is 15.1 Å².